The predicted molar refractivity (Wildman–Crippen MR) is 192 cm³/mol. The maximum Gasteiger partial charge on any atom is 0.241 e. The highest BCUT2D eigenvalue weighted by Gasteiger charge is 2.42. The number of hydrogen-bond donors (Lipinski definition) is 2. The molecule has 1 aliphatic rings. The Balaban J connectivity index is 0.000000500. The van der Waals surface area contributed by atoms with E-state index in [1.165, 1.54) is 10.6 Å². The number of benzene rings is 3. The molecule has 252 valence electrons. The zero-order valence-electron chi connectivity index (χ0n) is 27.6. The number of hydrogen-bond acceptors (Lipinski definition) is 8. The zero-order chi connectivity index (χ0) is 34.3. The fraction of sp³-hybridized carbons (Fsp3) is 0.297. The first-order valence-electron chi connectivity index (χ1n) is 15.9. The van der Waals surface area contributed by atoms with Crippen LogP contribution in [-0.4, -0.2) is 94.2 Å². The number of rotatable bonds is 15. The van der Waals surface area contributed by atoms with Crippen LogP contribution in [0.3, 0.4) is 0 Å². The number of hydrazine groups is 1. The number of pyridine rings is 1. The number of carbonyl (C=O) groups excluding carboxylic acids is 3. The number of nitrogens with zero attached hydrogens (tertiary/aromatic N) is 5. The summed E-state index contributed by atoms with van der Waals surface area (Å²) >= 11 is 0. The van der Waals surface area contributed by atoms with Crippen molar-refractivity contribution in [2.75, 3.05) is 33.7 Å². The van der Waals surface area contributed by atoms with Crippen LogP contribution in [0.1, 0.15) is 22.3 Å². The highest BCUT2D eigenvalue weighted by Crippen LogP contribution is 2.24. The van der Waals surface area contributed by atoms with Gasteiger partial charge < -0.3 is 19.9 Å². The summed E-state index contributed by atoms with van der Waals surface area (Å²) in [6, 6.07) is 27.2. The van der Waals surface area contributed by atoms with Gasteiger partial charge in [0.1, 0.15) is 12.5 Å². The molecule has 0 aliphatic carbocycles. The van der Waals surface area contributed by atoms with Crippen LogP contribution >= 0.6 is 8.81 Å². The van der Waals surface area contributed by atoms with Crippen molar-refractivity contribution in [2.24, 2.45) is 0 Å². The molecule has 11 heteroatoms. The number of para-hydroxylation sites is 1. The number of likely N-dealkylation sites (N-methyl/N-ethyl adjacent to an activating group) is 1. The lowest BCUT2D eigenvalue weighted by molar-refractivity contribution is -0.186. The predicted octanol–water partition coefficient (Wildman–Crippen LogP) is 4.00. The Kier molecular flexibility index (Phi) is 14.4. The van der Waals surface area contributed by atoms with E-state index in [9.17, 15) is 19.3 Å². The molecule has 3 atom stereocenters. The Morgan fingerprint density at radius 3 is 2.42 bits per heavy atom. The highest BCUT2D eigenvalue weighted by atomic mass is 31.1. The van der Waals surface area contributed by atoms with E-state index in [0.29, 0.717) is 38.6 Å². The lowest BCUT2D eigenvalue weighted by Gasteiger charge is -2.50. The third kappa shape index (κ3) is 9.86. The molecule has 1 saturated heterocycles. The van der Waals surface area contributed by atoms with Gasteiger partial charge in [-0.25, -0.2) is 5.01 Å². The highest BCUT2D eigenvalue weighted by molar-refractivity contribution is 7.30. The first kappa shape index (κ1) is 36.5. The van der Waals surface area contributed by atoms with E-state index in [-0.39, 0.29) is 21.3 Å². The summed E-state index contributed by atoms with van der Waals surface area (Å²) in [5, 5.41) is 7.28. The maximum atomic E-state index is 13.5. The summed E-state index contributed by atoms with van der Waals surface area (Å²) in [7, 11) is 3.71. The summed E-state index contributed by atoms with van der Waals surface area (Å²) < 4.78 is 0. The molecule has 3 aromatic carbocycles. The number of aldehydes is 1. The van der Waals surface area contributed by atoms with Gasteiger partial charge in [0, 0.05) is 52.7 Å². The van der Waals surface area contributed by atoms with Gasteiger partial charge in [-0.3, -0.25) is 24.5 Å². The average molecular weight is 669 g/mol. The fourth-order valence-corrected chi connectivity index (χ4v) is 6.31. The molecular formula is C37H45N6O4P. The molecule has 1 aliphatic heterocycles. The summed E-state index contributed by atoms with van der Waals surface area (Å²) in [4.78, 5) is 55.6. The van der Waals surface area contributed by atoms with Crippen LogP contribution in [0.4, 0.5) is 0 Å². The Labute approximate surface area is 284 Å². The van der Waals surface area contributed by atoms with Gasteiger partial charge in [-0.15, -0.1) is 6.58 Å². The minimum atomic E-state index is -0.756. The SMILES string of the molecule is C=CCN1CC(=O)N([C@H](C=O)Cc2ccc(CPO)cc2)C(CN(C)Cc2cccc3cccnc23)N1C=O.CNCc1ccccc1. The molecule has 2 unspecified atom stereocenters. The fourth-order valence-electron chi connectivity index (χ4n) is 5.89. The van der Waals surface area contributed by atoms with Gasteiger partial charge in [-0.05, 0) is 48.8 Å². The molecule has 0 radical (unpaired) electrons. The van der Waals surface area contributed by atoms with Crippen molar-refractivity contribution in [3.8, 4) is 0 Å². The lowest BCUT2D eigenvalue weighted by Crippen LogP contribution is -2.69. The minimum absolute atomic E-state index is 0.0288. The number of amides is 2. The van der Waals surface area contributed by atoms with E-state index in [1.54, 1.807) is 22.2 Å². The van der Waals surface area contributed by atoms with Crippen LogP contribution in [0.2, 0.25) is 0 Å². The van der Waals surface area contributed by atoms with Crippen molar-refractivity contribution in [1.29, 1.82) is 0 Å². The van der Waals surface area contributed by atoms with Gasteiger partial charge in [0.15, 0.2) is 0 Å². The Morgan fingerprint density at radius 1 is 1.02 bits per heavy atom. The smallest absolute Gasteiger partial charge is 0.241 e. The van der Waals surface area contributed by atoms with Gasteiger partial charge in [0.05, 0.1) is 18.1 Å². The summed E-state index contributed by atoms with van der Waals surface area (Å²) in [5.41, 5.74) is 5.16. The van der Waals surface area contributed by atoms with E-state index in [1.807, 2.05) is 91.8 Å². The molecule has 4 aromatic rings. The maximum absolute atomic E-state index is 13.5. The Hall–Kier alpha value is -4.31. The third-order valence-electron chi connectivity index (χ3n) is 8.13. The first-order chi connectivity index (χ1) is 23.4. The number of aromatic nitrogens is 1. The van der Waals surface area contributed by atoms with Crippen molar-refractivity contribution < 1.29 is 19.3 Å². The molecule has 0 saturated carbocycles. The second-order valence-electron chi connectivity index (χ2n) is 11.7. The first-order valence-corrected chi connectivity index (χ1v) is 17.1. The molecule has 2 heterocycles. The Morgan fingerprint density at radius 2 is 1.75 bits per heavy atom. The normalized spacial score (nSPS) is 15.8. The van der Waals surface area contributed by atoms with Crippen molar-refractivity contribution in [2.45, 2.75) is 37.9 Å². The largest absolute Gasteiger partial charge is 0.377 e. The topological polar surface area (TPSA) is 109 Å². The van der Waals surface area contributed by atoms with Crippen LogP contribution in [0.5, 0.6) is 0 Å². The van der Waals surface area contributed by atoms with E-state index < -0.39 is 12.2 Å². The number of carbonyl (C=O) groups is 3. The summed E-state index contributed by atoms with van der Waals surface area (Å²) in [6.45, 7) is 5.89. The van der Waals surface area contributed by atoms with Crippen LogP contribution in [0, 0.1) is 0 Å². The monoisotopic (exact) mass is 668 g/mol. The molecular weight excluding hydrogens is 623 g/mol. The molecule has 2 N–H and O–H groups in total. The standard InChI is InChI=1S/C29H34N5O4P.C8H11N/c1-3-14-32-18-28(37)34(26(19-35)15-22-9-11-23(12-10-22)20-39-38)27(33(32)21-36)17-31(2)16-25-7-4-6-24-8-5-13-30-29(24)25;1-9-7-8-5-3-2-4-6-8/h3-13,19,21,26-27,38-39H,1,14-18,20H2,2H3;2-6,9H,7H2,1H3/t26-,27?;/m0./s1. The van der Waals surface area contributed by atoms with Gasteiger partial charge in [0.2, 0.25) is 12.3 Å². The van der Waals surface area contributed by atoms with Crippen molar-refractivity contribution >= 4 is 38.3 Å². The van der Waals surface area contributed by atoms with Gasteiger partial charge in [-0.1, -0.05) is 84.9 Å². The summed E-state index contributed by atoms with van der Waals surface area (Å²) in [6.07, 6.45) is 5.12. The zero-order valence-corrected chi connectivity index (χ0v) is 28.6. The second kappa shape index (κ2) is 18.9. The molecule has 1 aromatic heterocycles. The molecule has 48 heavy (non-hydrogen) atoms. The van der Waals surface area contributed by atoms with Crippen LogP contribution < -0.4 is 5.32 Å². The molecule has 5 rings (SSSR count). The molecule has 2 amide bonds. The van der Waals surface area contributed by atoms with Crippen molar-refractivity contribution in [1.82, 2.24) is 30.1 Å². The molecule has 10 nitrogen and oxygen atoms in total. The van der Waals surface area contributed by atoms with E-state index >= 15 is 0 Å². The Bertz CT molecular complexity index is 1620. The van der Waals surface area contributed by atoms with Crippen molar-refractivity contribution in [3.63, 3.8) is 0 Å². The van der Waals surface area contributed by atoms with Crippen molar-refractivity contribution in [3.05, 3.63) is 126 Å². The quantitative estimate of drug-likeness (QED) is 0.111. The lowest BCUT2D eigenvalue weighted by atomic mass is 10.0. The number of nitrogens with one attached hydrogen (secondary N) is 1. The van der Waals surface area contributed by atoms with E-state index in [4.69, 9.17) is 0 Å². The molecule has 1 fully saturated rings. The summed E-state index contributed by atoms with van der Waals surface area (Å²) in [5.74, 6) is -0.227. The van der Waals surface area contributed by atoms with Gasteiger partial charge in [0.25, 0.3) is 0 Å². The van der Waals surface area contributed by atoms with Gasteiger partial charge >= 0.3 is 0 Å². The van der Waals surface area contributed by atoms with Crippen LogP contribution in [0.25, 0.3) is 10.9 Å². The van der Waals surface area contributed by atoms with E-state index in [0.717, 1.165) is 40.4 Å². The van der Waals surface area contributed by atoms with E-state index in [2.05, 4.69) is 29.0 Å². The second-order valence-corrected chi connectivity index (χ2v) is 12.3. The molecule has 0 spiro atoms. The average Bonchev–Trinajstić information content (AvgIpc) is 3.10. The van der Waals surface area contributed by atoms with Crippen LogP contribution in [0.15, 0.2) is 104 Å². The van der Waals surface area contributed by atoms with Gasteiger partial charge in [-0.2, -0.15) is 0 Å². The number of fused-ring (bicyclic) bond motifs is 1. The molecule has 0 bridgehead atoms. The third-order valence-corrected chi connectivity index (χ3v) is 8.69. The minimum Gasteiger partial charge on any atom is -0.377 e. The van der Waals surface area contributed by atoms with Crippen LogP contribution in [-0.2, 0) is 40.1 Å².